The van der Waals surface area contributed by atoms with Crippen LogP contribution in [-0.2, 0) is 14.2 Å². The molecule has 0 saturated carbocycles. The van der Waals surface area contributed by atoms with Crippen LogP contribution in [0.1, 0.15) is 31.3 Å². The highest BCUT2D eigenvalue weighted by atomic mass is 16.6. The molecule has 9 nitrogen and oxygen atoms in total. The molecule has 0 fully saturated rings. The van der Waals surface area contributed by atoms with Crippen molar-refractivity contribution in [3.8, 4) is 11.5 Å². The van der Waals surface area contributed by atoms with Crippen molar-refractivity contribution >= 4 is 17.9 Å². The summed E-state index contributed by atoms with van der Waals surface area (Å²) < 4.78 is 20.5. The molecule has 0 unspecified atom stereocenters. The van der Waals surface area contributed by atoms with Crippen LogP contribution in [0.15, 0.2) is 29.0 Å². The van der Waals surface area contributed by atoms with Gasteiger partial charge in [0.2, 0.25) is 5.89 Å². The third kappa shape index (κ3) is 5.52. The quantitative estimate of drug-likeness (QED) is 0.708. The Morgan fingerprint density at radius 2 is 2.00 bits per heavy atom. The summed E-state index contributed by atoms with van der Waals surface area (Å²) in [5.74, 6) is -0.0543. The molecule has 2 aromatic heterocycles. The SMILES string of the molecule is COCCN(C(=O)OC(C)(C)C)c1cc(-c2nc(C(=O)OC)co2)ccn1. The van der Waals surface area contributed by atoms with Crippen molar-refractivity contribution in [2.75, 3.05) is 32.3 Å². The number of esters is 1. The molecule has 0 N–H and O–H groups in total. The Morgan fingerprint density at radius 3 is 2.63 bits per heavy atom. The number of amides is 1. The fourth-order valence-electron chi connectivity index (χ4n) is 2.10. The van der Waals surface area contributed by atoms with Crippen LogP contribution in [0.5, 0.6) is 0 Å². The summed E-state index contributed by atoms with van der Waals surface area (Å²) in [4.78, 5) is 33.8. The number of hydrogen-bond donors (Lipinski definition) is 0. The van der Waals surface area contributed by atoms with Gasteiger partial charge in [-0.05, 0) is 32.9 Å². The van der Waals surface area contributed by atoms with Gasteiger partial charge in [0, 0.05) is 18.9 Å². The van der Waals surface area contributed by atoms with Gasteiger partial charge in [0.1, 0.15) is 17.7 Å². The van der Waals surface area contributed by atoms with Gasteiger partial charge >= 0.3 is 12.1 Å². The van der Waals surface area contributed by atoms with Gasteiger partial charge in [-0.25, -0.2) is 19.6 Å². The lowest BCUT2D eigenvalue weighted by atomic mass is 10.2. The lowest BCUT2D eigenvalue weighted by molar-refractivity contribution is 0.0565. The molecule has 0 spiro atoms. The lowest BCUT2D eigenvalue weighted by Crippen LogP contribution is -2.39. The predicted molar refractivity (Wildman–Crippen MR) is 96.5 cm³/mol. The van der Waals surface area contributed by atoms with Gasteiger partial charge in [0.25, 0.3) is 0 Å². The molecule has 146 valence electrons. The van der Waals surface area contributed by atoms with E-state index in [0.29, 0.717) is 18.0 Å². The van der Waals surface area contributed by atoms with Crippen molar-refractivity contribution in [1.29, 1.82) is 0 Å². The molecule has 1 amide bonds. The number of methoxy groups -OCH3 is 2. The van der Waals surface area contributed by atoms with E-state index in [4.69, 9.17) is 13.9 Å². The van der Waals surface area contributed by atoms with E-state index in [1.54, 1.807) is 32.9 Å². The van der Waals surface area contributed by atoms with E-state index in [0.717, 1.165) is 0 Å². The molecule has 2 rings (SSSR count). The highest BCUT2D eigenvalue weighted by molar-refractivity contribution is 5.88. The molecule has 0 aliphatic carbocycles. The second-order valence-electron chi connectivity index (χ2n) is 6.56. The summed E-state index contributed by atoms with van der Waals surface area (Å²) in [6.45, 7) is 5.90. The Labute approximate surface area is 157 Å². The molecule has 0 aliphatic rings. The van der Waals surface area contributed by atoms with Crippen molar-refractivity contribution in [1.82, 2.24) is 9.97 Å². The number of carbonyl (C=O) groups is 2. The zero-order valence-corrected chi connectivity index (χ0v) is 16.0. The minimum absolute atomic E-state index is 0.0502. The van der Waals surface area contributed by atoms with Gasteiger partial charge < -0.3 is 18.6 Å². The molecule has 27 heavy (non-hydrogen) atoms. The largest absolute Gasteiger partial charge is 0.464 e. The molecule has 0 atom stereocenters. The van der Waals surface area contributed by atoms with Gasteiger partial charge in [0.05, 0.1) is 20.3 Å². The number of carbonyl (C=O) groups excluding carboxylic acids is 2. The van der Waals surface area contributed by atoms with Crippen molar-refractivity contribution in [2.24, 2.45) is 0 Å². The minimum Gasteiger partial charge on any atom is -0.464 e. The average molecular weight is 377 g/mol. The molecule has 2 heterocycles. The van der Waals surface area contributed by atoms with E-state index in [1.165, 1.54) is 31.6 Å². The Bertz CT molecular complexity index is 796. The van der Waals surface area contributed by atoms with Crippen LogP contribution in [0.2, 0.25) is 0 Å². The zero-order valence-electron chi connectivity index (χ0n) is 16.0. The number of pyridine rings is 1. The van der Waals surface area contributed by atoms with Gasteiger partial charge in [-0.3, -0.25) is 4.90 Å². The summed E-state index contributed by atoms with van der Waals surface area (Å²) in [6, 6.07) is 3.27. The maximum absolute atomic E-state index is 12.6. The molecule has 0 bridgehead atoms. The molecule has 2 aromatic rings. The first-order valence-corrected chi connectivity index (χ1v) is 8.25. The number of rotatable bonds is 6. The smallest absolute Gasteiger partial charge is 0.416 e. The van der Waals surface area contributed by atoms with Gasteiger partial charge in [-0.2, -0.15) is 0 Å². The summed E-state index contributed by atoms with van der Waals surface area (Å²) in [7, 11) is 2.80. The van der Waals surface area contributed by atoms with Crippen LogP contribution in [0, 0.1) is 0 Å². The van der Waals surface area contributed by atoms with E-state index in [1.807, 2.05) is 0 Å². The second-order valence-corrected chi connectivity index (χ2v) is 6.56. The highest BCUT2D eigenvalue weighted by Crippen LogP contribution is 2.24. The monoisotopic (exact) mass is 377 g/mol. The number of oxazole rings is 1. The van der Waals surface area contributed by atoms with Gasteiger partial charge in [-0.1, -0.05) is 0 Å². The summed E-state index contributed by atoms with van der Waals surface area (Å²) >= 11 is 0. The van der Waals surface area contributed by atoms with E-state index >= 15 is 0 Å². The zero-order chi connectivity index (χ0) is 20.0. The number of ether oxygens (including phenoxy) is 3. The molecule has 0 saturated heterocycles. The molecule has 0 aliphatic heterocycles. The lowest BCUT2D eigenvalue weighted by Gasteiger charge is -2.26. The molecule has 0 aromatic carbocycles. The van der Waals surface area contributed by atoms with Crippen molar-refractivity contribution < 1.29 is 28.2 Å². The fraction of sp³-hybridized carbons (Fsp3) is 0.444. The van der Waals surface area contributed by atoms with Gasteiger partial charge in [-0.15, -0.1) is 0 Å². The minimum atomic E-state index is -0.655. The standard InChI is InChI=1S/C18H23N3O6/c1-18(2,3)27-17(23)21(8-9-24-4)14-10-12(6-7-19-14)15-20-13(11-26-15)16(22)25-5/h6-7,10-11H,8-9H2,1-5H3. The van der Waals surface area contributed by atoms with E-state index < -0.39 is 17.7 Å². The first-order chi connectivity index (χ1) is 12.7. The summed E-state index contributed by atoms with van der Waals surface area (Å²) in [5, 5.41) is 0. The number of nitrogens with zero attached hydrogens (tertiary/aromatic N) is 3. The Kier molecular flexibility index (Phi) is 6.51. The van der Waals surface area contributed by atoms with Crippen LogP contribution < -0.4 is 4.90 Å². The molecular formula is C18H23N3O6. The van der Waals surface area contributed by atoms with Crippen LogP contribution in [-0.4, -0.2) is 55.0 Å². The van der Waals surface area contributed by atoms with E-state index in [-0.39, 0.29) is 18.1 Å². The maximum Gasteiger partial charge on any atom is 0.416 e. The summed E-state index contributed by atoms with van der Waals surface area (Å²) in [6.07, 6.45) is 2.17. The first-order valence-electron chi connectivity index (χ1n) is 8.25. The average Bonchev–Trinajstić information content (AvgIpc) is 3.10. The third-order valence-electron chi connectivity index (χ3n) is 3.30. The van der Waals surface area contributed by atoms with Crippen LogP contribution >= 0.6 is 0 Å². The third-order valence-corrected chi connectivity index (χ3v) is 3.30. The van der Waals surface area contributed by atoms with Crippen LogP contribution in [0.4, 0.5) is 10.6 Å². The number of anilines is 1. The van der Waals surface area contributed by atoms with Crippen molar-refractivity contribution in [3.63, 3.8) is 0 Å². The Hall–Kier alpha value is -2.94. The first kappa shape index (κ1) is 20.4. The van der Waals surface area contributed by atoms with Crippen molar-refractivity contribution in [3.05, 3.63) is 30.3 Å². The van der Waals surface area contributed by atoms with Crippen molar-refractivity contribution in [2.45, 2.75) is 26.4 Å². The molecule has 0 radical (unpaired) electrons. The fourth-order valence-corrected chi connectivity index (χ4v) is 2.10. The second kappa shape index (κ2) is 8.63. The van der Waals surface area contributed by atoms with Gasteiger partial charge in [0.15, 0.2) is 5.69 Å². The van der Waals surface area contributed by atoms with E-state index in [2.05, 4.69) is 14.7 Å². The number of hydrogen-bond acceptors (Lipinski definition) is 8. The topological polar surface area (TPSA) is 104 Å². The molecule has 9 heteroatoms. The number of aromatic nitrogens is 2. The van der Waals surface area contributed by atoms with Crippen LogP contribution in [0.3, 0.4) is 0 Å². The highest BCUT2D eigenvalue weighted by Gasteiger charge is 2.25. The maximum atomic E-state index is 12.6. The Balaban J connectivity index is 2.32. The summed E-state index contributed by atoms with van der Waals surface area (Å²) in [5.41, 5.74) is -0.0618. The predicted octanol–water partition coefficient (Wildman–Crippen LogP) is 2.91. The normalized spacial score (nSPS) is 11.1. The Morgan fingerprint density at radius 1 is 1.26 bits per heavy atom. The van der Waals surface area contributed by atoms with Crippen LogP contribution in [0.25, 0.3) is 11.5 Å². The van der Waals surface area contributed by atoms with E-state index in [9.17, 15) is 9.59 Å². The molecular weight excluding hydrogens is 354 g/mol.